The van der Waals surface area contributed by atoms with E-state index in [2.05, 4.69) is 11.9 Å². The largest absolute Gasteiger partial charge is 0.539 e. The molecule has 3 N–H and O–H groups in total. The molecule has 1 rings (SSSR count). The molecule has 7 nitrogen and oxygen atoms in total. The summed E-state index contributed by atoms with van der Waals surface area (Å²) in [6, 6.07) is 5.91. The van der Waals surface area contributed by atoms with Gasteiger partial charge in [-0.1, -0.05) is 12.6 Å². The average Bonchev–Trinajstić information content (AvgIpc) is 2.47. The van der Waals surface area contributed by atoms with Crippen molar-refractivity contribution >= 4 is 11.9 Å². The monoisotopic (exact) mass is 297 g/mol. The van der Waals surface area contributed by atoms with E-state index < -0.39 is 11.9 Å². The lowest BCUT2D eigenvalue weighted by Gasteiger charge is -2.11. The fraction of sp³-hybridized carbons (Fsp3) is 0.286. The molecule has 0 aliphatic heterocycles. The first-order valence-electron chi connectivity index (χ1n) is 6.04. The summed E-state index contributed by atoms with van der Waals surface area (Å²) in [6.45, 7) is 5.45. The number of carbonyl (C=O) groups is 2. The number of ether oxygens (including phenoxy) is 2. The van der Waals surface area contributed by atoms with Crippen molar-refractivity contribution in [1.29, 1.82) is 0 Å². The van der Waals surface area contributed by atoms with Crippen molar-refractivity contribution in [3.05, 3.63) is 36.4 Å². The summed E-state index contributed by atoms with van der Waals surface area (Å²) in [5, 5.41) is 18.5. The molecular weight excluding hydrogens is 278 g/mol. The van der Waals surface area contributed by atoms with Crippen molar-refractivity contribution < 1.29 is 34.6 Å². The van der Waals surface area contributed by atoms with E-state index in [9.17, 15) is 0 Å². The number of methoxy groups -OCH3 is 2. The van der Waals surface area contributed by atoms with Crippen LogP contribution in [0.3, 0.4) is 0 Å². The lowest BCUT2D eigenvalue weighted by Crippen LogP contribution is -2.82. The second-order valence-electron chi connectivity index (χ2n) is 3.76. The molecule has 0 atom stereocenters. The van der Waals surface area contributed by atoms with Crippen molar-refractivity contribution in [2.24, 2.45) is 0 Å². The Morgan fingerprint density at radius 2 is 2.00 bits per heavy atom. The van der Waals surface area contributed by atoms with Gasteiger partial charge in [0.05, 0.1) is 26.3 Å². The zero-order valence-corrected chi connectivity index (χ0v) is 12.0. The normalized spacial score (nSPS) is 9.05. The Morgan fingerprint density at radius 1 is 1.38 bits per heavy atom. The molecule has 1 aromatic rings. The zero-order chi connectivity index (χ0) is 16.3. The van der Waals surface area contributed by atoms with Crippen molar-refractivity contribution in [2.75, 3.05) is 20.8 Å². The maximum atomic E-state index is 9.04. The number of aliphatic carboxylic acids is 2. The van der Waals surface area contributed by atoms with Gasteiger partial charge in [-0.05, 0) is 18.2 Å². The lowest BCUT2D eigenvalue weighted by atomic mass is 10.2. The van der Waals surface area contributed by atoms with Crippen molar-refractivity contribution in [2.45, 2.75) is 6.54 Å². The van der Waals surface area contributed by atoms with Crippen LogP contribution in [-0.4, -0.2) is 37.8 Å². The highest BCUT2D eigenvalue weighted by Gasteiger charge is 2.09. The number of nitrogens with two attached hydrogens (primary N) is 1. The van der Waals surface area contributed by atoms with Crippen LogP contribution < -0.4 is 19.9 Å². The van der Waals surface area contributed by atoms with Gasteiger partial charge in [-0.3, -0.25) is 0 Å². The third kappa shape index (κ3) is 6.98. The molecule has 0 aliphatic carbocycles. The van der Waals surface area contributed by atoms with Crippen LogP contribution in [0.15, 0.2) is 30.9 Å². The first kappa shape index (κ1) is 18.5. The molecule has 21 heavy (non-hydrogen) atoms. The highest BCUT2D eigenvalue weighted by atomic mass is 16.5. The van der Waals surface area contributed by atoms with Crippen LogP contribution in [0.4, 0.5) is 0 Å². The lowest BCUT2D eigenvalue weighted by molar-refractivity contribution is -0.662. The van der Waals surface area contributed by atoms with Gasteiger partial charge >= 0.3 is 5.97 Å². The molecule has 0 fully saturated rings. The number of carboxylic acids is 2. The highest BCUT2D eigenvalue weighted by molar-refractivity contribution is 6.26. The summed E-state index contributed by atoms with van der Waals surface area (Å²) in [7, 11) is 3.31. The Bertz CT molecular complexity index is 474. The number of carboxylic acid groups (broad SMARTS) is 2. The molecule has 0 bridgehead atoms. The van der Waals surface area contributed by atoms with E-state index >= 15 is 0 Å². The first-order valence-corrected chi connectivity index (χ1v) is 6.04. The Labute approximate surface area is 122 Å². The zero-order valence-electron chi connectivity index (χ0n) is 12.0. The Hall–Kier alpha value is -2.54. The molecule has 116 valence electrons. The maximum Gasteiger partial charge on any atom is 0.351 e. The van der Waals surface area contributed by atoms with E-state index in [4.69, 9.17) is 29.3 Å². The van der Waals surface area contributed by atoms with Crippen LogP contribution in [0.5, 0.6) is 11.5 Å². The molecule has 0 unspecified atom stereocenters. The van der Waals surface area contributed by atoms with Gasteiger partial charge in [-0.25, -0.2) is 4.79 Å². The minimum atomic E-state index is -2.07. The minimum absolute atomic E-state index is 0.780. The summed E-state index contributed by atoms with van der Waals surface area (Å²) in [5.41, 5.74) is 1.14. The summed E-state index contributed by atoms with van der Waals surface area (Å²) in [4.78, 5) is 18.0. The van der Waals surface area contributed by atoms with Gasteiger partial charge in [-0.2, -0.15) is 0 Å². The molecule has 0 spiro atoms. The second kappa shape index (κ2) is 10.3. The van der Waals surface area contributed by atoms with Crippen molar-refractivity contribution in [3.63, 3.8) is 0 Å². The van der Waals surface area contributed by atoms with Gasteiger partial charge in [0.15, 0.2) is 17.5 Å². The Kier molecular flexibility index (Phi) is 9.03. The van der Waals surface area contributed by atoms with Crippen LogP contribution in [0.2, 0.25) is 0 Å². The van der Waals surface area contributed by atoms with E-state index in [-0.39, 0.29) is 0 Å². The van der Waals surface area contributed by atoms with Gasteiger partial charge in [-0.15, -0.1) is 0 Å². The van der Waals surface area contributed by atoms with Crippen molar-refractivity contribution in [1.82, 2.24) is 0 Å². The topological polar surface area (TPSA) is 113 Å². The highest BCUT2D eigenvalue weighted by Crippen LogP contribution is 2.29. The molecule has 0 heterocycles. The molecule has 0 amide bonds. The SMILES string of the molecule is C=CC[NH2+]Cc1cccc(OC)c1OC.O=C([O-])C(=O)O. The van der Waals surface area contributed by atoms with Gasteiger partial charge in [0.25, 0.3) is 0 Å². The number of carbonyl (C=O) groups excluding carboxylic acids is 1. The predicted octanol–water partition coefficient (Wildman–Crippen LogP) is -1.23. The second-order valence-corrected chi connectivity index (χ2v) is 3.76. The number of para-hydroxylation sites is 1. The van der Waals surface area contributed by atoms with Crippen molar-refractivity contribution in [3.8, 4) is 11.5 Å². The van der Waals surface area contributed by atoms with Crippen LogP contribution in [0.25, 0.3) is 0 Å². The number of rotatable bonds is 6. The quantitative estimate of drug-likeness (QED) is 0.386. The van der Waals surface area contributed by atoms with Crippen LogP contribution in [0.1, 0.15) is 5.56 Å². The molecule has 0 saturated carbocycles. The number of hydrogen-bond acceptors (Lipinski definition) is 5. The fourth-order valence-corrected chi connectivity index (χ4v) is 1.47. The van der Waals surface area contributed by atoms with Gasteiger partial charge in [0.1, 0.15) is 6.54 Å². The maximum absolute atomic E-state index is 9.04. The molecule has 0 aliphatic rings. The molecule has 0 aromatic heterocycles. The third-order valence-corrected chi connectivity index (χ3v) is 2.36. The molecule has 0 saturated heterocycles. The predicted molar refractivity (Wildman–Crippen MR) is 72.9 cm³/mol. The molecule has 0 radical (unpaired) electrons. The van der Waals surface area contributed by atoms with Gasteiger partial charge < -0.3 is 29.8 Å². The Morgan fingerprint density at radius 3 is 2.43 bits per heavy atom. The smallest absolute Gasteiger partial charge is 0.351 e. The average molecular weight is 297 g/mol. The van der Waals surface area contributed by atoms with E-state index in [0.717, 1.165) is 30.2 Å². The number of hydrogen-bond donors (Lipinski definition) is 2. The van der Waals surface area contributed by atoms with E-state index in [1.807, 2.05) is 24.3 Å². The Balaban J connectivity index is 0.000000567. The van der Waals surface area contributed by atoms with Gasteiger partial charge in [0.2, 0.25) is 0 Å². The van der Waals surface area contributed by atoms with Crippen LogP contribution in [0, 0.1) is 0 Å². The van der Waals surface area contributed by atoms with E-state index in [1.165, 1.54) is 0 Å². The first-order chi connectivity index (χ1) is 9.97. The molecule has 1 aromatic carbocycles. The van der Waals surface area contributed by atoms with Crippen LogP contribution in [-0.2, 0) is 16.1 Å². The van der Waals surface area contributed by atoms with Crippen LogP contribution >= 0.6 is 0 Å². The van der Waals surface area contributed by atoms with E-state index in [1.54, 1.807) is 14.2 Å². The summed E-state index contributed by atoms with van der Waals surface area (Å²) >= 11 is 0. The standard InChI is InChI=1S/C12H17NO2.C2H2O4/c1-4-8-13-9-10-6-5-7-11(14-2)12(10)15-3;3-1(4)2(5)6/h4-7,13H,1,8-9H2,2-3H3;(H,3,4)(H,5,6). The van der Waals surface area contributed by atoms with Gasteiger partial charge in [0, 0.05) is 0 Å². The summed E-state index contributed by atoms with van der Waals surface area (Å²) in [5.74, 6) is -2.41. The third-order valence-electron chi connectivity index (χ3n) is 2.36. The number of benzene rings is 1. The summed E-state index contributed by atoms with van der Waals surface area (Å²) < 4.78 is 10.6. The summed E-state index contributed by atoms with van der Waals surface area (Å²) in [6.07, 6.45) is 1.88. The molecular formula is C14H19NO6. The molecule has 7 heteroatoms. The number of quaternary nitrogens is 1. The van der Waals surface area contributed by atoms with E-state index in [0.29, 0.717) is 0 Å². The minimum Gasteiger partial charge on any atom is -0.539 e. The fourth-order valence-electron chi connectivity index (χ4n) is 1.47.